The van der Waals surface area contributed by atoms with Crippen molar-refractivity contribution in [2.24, 2.45) is 5.92 Å². The number of nitrogens with zero attached hydrogens (tertiary/aromatic N) is 3. The van der Waals surface area contributed by atoms with E-state index in [1.165, 1.54) is 11.3 Å². The molecule has 0 aliphatic carbocycles. The van der Waals surface area contributed by atoms with Crippen molar-refractivity contribution in [3.63, 3.8) is 0 Å². The molecule has 1 aliphatic heterocycles. The van der Waals surface area contributed by atoms with Crippen molar-refractivity contribution in [1.29, 1.82) is 0 Å². The summed E-state index contributed by atoms with van der Waals surface area (Å²) in [5.74, 6) is 0.0195. The maximum atomic E-state index is 12.3. The summed E-state index contributed by atoms with van der Waals surface area (Å²) in [5.41, 5.74) is 0.953. The summed E-state index contributed by atoms with van der Waals surface area (Å²) in [6, 6.07) is 0. The van der Waals surface area contributed by atoms with Crippen LogP contribution in [0.3, 0.4) is 0 Å². The van der Waals surface area contributed by atoms with Gasteiger partial charge in [-0.1, -0.05) is 0 Å². The van der Waals surface area contributed by atoms with Crippen LogP contribution in [0, 0.1) is 19.8 Å². The predicted molar refractivity (Wildman–Crippen MR) is 106 cm³/mol. The van der Waals surface area contributed by atoms with Crippen LogP contribution in [-0.4, -0.2) is 73.4 Å². The molecule has 2 rings (SSSR count). The normalized spacial score (nSPS) is 18.1. The molecule has 1 fully saturated rings. The van der Waals surface area contributed by atoms with Gasteiger partial charge in [-0.15, -0.1) is 11.3 Å². The molecular formula is C18H31N5O2S. The summed E-state index contributed by atoms with van der Waals surface area (Å²) in [7, 11) is 4.06. The Morgan fingerprint density at radius 1 is 1.35 bits per heavy atom. The predicted octanol–water partition coefficient (Wildman–Crippen LogP) is 1.48. The zero-order valence-corrected chi connectivity index (χ0v) is 17.1. The van der Waals surface area contributed by atoms with Crippen LogP contribution >= 0.6 is 11.3 Å². The summed E-state index contributed by atoms with van der Waals surface area (Å²) in [4.78, 5) is 34.2. The minimum Gasteiger partial charge on any atom is -0.356 e. The van der Waals surface area contributed by atoms with E-state index < -0.39 is 0 Å². The zero-order chi connectivity index (χ0) is 19.1. The van der Waals surface area contributed by atoms with Crippen LogP contribution in [0.15, 0.2) is 0 Å². The summed E-state index contributed by atoms with van der Waals surface area (Å²) in [6.45, 7) is 7.41. The SMILES string of the molecule is Cc1nc(NC(=O)CN2CCCC(C(=O)NCCCN(C)C)C2)sc1C. The van der Waals surface area contributed by atoms with Crippen LogP contribution < -0.4 is 10.6 Å². The monoisotopic (exact) mass is 381 g/mol. The lowest BCUT2D eigenvalue weighted by Crippen LogP contribution is -2.45. The van der Waals surface area contributed by atoms with Crippen LogP contribution in [0.2, 0.25) is 0 Å². The first-order valence-corrected chi connectivity index (χ1v) is 10.1. The van der Waals surface area contributed by atoms with Gasteiger partial charge in [0.2, 0.25) is 11.8 Å². The number of nitrogens with one attached hydrogen (secondary N) is 2. The molecule has 8 heteroatoms. The fraction of sp³-hybridized carbons (Fsp3) is 0.722. The van der Waals surface area contributed by atoms with E-state index in [4.69, 9.17) is 0 Å². The summed E-state index contributed by atoms with van der Waals surface area (Å²) in [5, 5.41) is 6.55. The van der Waals surface area contributed by atoms with Gasteiger partial charge in [-0.05, 0) is 60.3 Å². The lowest BCUT2D eigenvalue weighted by Gasteiger charge is -2.31. The first kappa shape index (κ1) is 20.8. The third-order valence-electron chi connectivity index (χ3n) is 4.60. The number of amides is 2. The van der Waals surface area contributed by atoms with Crippen LogP contribution in [0.25, 0.3) is 0 Å². The van der Waals surface area contributed by atoms with Gasteiger partial charge in [-0.3, -0.25) is 14.5 Å². The Balaban J connectivity index is 1.74. The molecule has 1 saturated heterocycles. The van der Waals surface area contributed by atoms with E-state index >= 15 is 0 Å². The molecule has 1 unspecified atom stereocenters. The van der Waals surface area contributed by atoms with Crippen molar-refractivity contribution in [3.05, 3.63) is 10.6 Å². The second-order valence-corrected chi connectivity index (χ2v) is 8.43. The van der Waals surface area contributed by atoms with Crippen molar-refractivity contribution in [3.8, 4) is 0 Å². The fourth-order valence-corrected chi connectivity index (χ4v) is 3.88. The molecule has 2 heterocycles. The Morgan fingerprint density at radius 3 is 2.77 bits per heavy atom. The van der Waals surface area contributed by atoms with Crippen molar-refractivity contribution in [2.45, 2.75) is 33.1 Å². The van der Waals surface area contributed by atoms with E-state index in [-0.39, 0.29) is 17.7 Å². The number of hydrogen-bond donors (Lipinski definition) is 2. The highest BCUT2D eigenvalue weighted by Crippen LogP contribution is 2.21. The highest BCUT2D eigenvalue weighted by Gasteiger charge is 2.26. The number of aromatic nitrogens is 1. The quantitative estimate of drug-likeness (QED) is 0.667. The van der Waals surface area contributed by atoms with Gasteiger partial charge in [-0.25, -0.2) is 4.98 Å². The Kier molecular flexibility index (Phi) is 7.99. The highest BCUT2D eigenvalue weighted by atomic mass is 32.1. The molecule has 1 atom stereocenters. The number of hydrogen-bond acceptors (Lipinski definition) is 6. The smallest absolute Gasteiger partial charge is 0.240 e. The van der Waals surface area contributed by atoms with Crippen LogP contribution in [0.5, 0.6) is 0 Å². The zero-order valence-electron chi connectivity index (χ0n) is 16.3. The topological polar surface area (TPSA) is 77.6 Å². The van der Waals surface area contributed by atoms with Crippen LogP contribution in [0.4, 0.5) is 5.13 Å². The number of thiazole rings is 1. The standard InChI is InChI=1S/C18H31N5O2S/c1-13-14(2)26-18(20-13)21-16(24)12-23-10-5-7-15(11-23)17(25)19-8-6-9-22(3)4/h15H,5-12H2,1-4H3,(H,19,25)(H,20,21,24). The van der Waals surface area contributed by atoms with Gasteiger partial charge in [0.15, 0.2) is 5.13 Å². The van der Waals surface area contributed by atoms with E-state index in [2.05, 4.69) is 25.4 Å². The number of carbonyl (C=O) groups is 2. The largest absolute Gasteiger partial charge is 0.356 e. The van der Waals surface area contributed by atoms with E-state index in [0.29, 0.717) is 24.8 Å². The van der Waals surface area contributed by atoms with Crippen molar-refractivity contribution >= 4 is 28.3 Å². The van der Waals surface area contributed by atoms with E-state index in [9.17, 15) is 9.59 Å². The second-order valence-electron chi connectivity index (χ2n) is 7.23. The van der Waals surface area contributed by atoms with Gasteiger partial charge in [0, 0.05) is 18.0 Å². The maximum Gasteiger partial charge on any atom is 0.240 e. The molecule has 1 aliphatic rings. The lowest BCUT2D eigenvalue weighted by atomic mass is 9.97. The number of likely N-dealkylation sites (tertiary alicyclic amines) is 1. The number of carbonyl (C=O) groups excluding carboxylic acids is 2. The summed E-state index contributed by atoms with van der Waals surface area (Å²) < 4.78 is 0. The summed E-state index contributed by atoms with van der Waals surface area (Å²) in [6.07, 6.45) is 2.78. The number of piperidine rings is 1. The van der Waals surface area contributed by atoms with Crippen molar-refractivity contribution in [1.82, 2.24) is 20.1 Å². The number of anilines is 1. The molecule has 0 aromatic carbocycles. The lowest BCUT2D eigenvalue weighted by molar-refractivity contribution is -0.128. The molecular weight excluding hydrogens is 350 g/mol. The van der Waals surface area contributed by atoms with E-state index in [1.807, 2.05) is 27.9 Å². The van der Waals surface area contributed by atoms with Gasteiger partial charge < -0.3 is 15.5 Å². The molecule has 0 saturated carbocycles. The van der Waals surface area contributed by atoms with Crippen molar-refractivity contribution in [2.75, 3.05) is 52.1 Å². The highest BCUT2D eigenvalue weighted by molar-refractivity contribution is 7.15. The third kappa shape index (κ3) is 6.66. The first-order chi connectivity index (χ1) is 12.3. The molecule has 0 bridgehead atoms. The minimum atomic E-state index is -0.0641. The molecule has 26 heavy (non-hydrogen) atoms. The molecule has 2 amide bonds. The molecule has 0 radical (unpaired) electrons. The third-order valence-corrected chi connectivity index (χ3v) is 5.59. The molecule has 7 nitrogen and oxygen atoms in total. The molecule has 146 valence electrons. The minimum absolute atomic E-state index is 0.0275. The molecule has 2 N–H and O–H groups in total. The molecule has 0 spiro atoms. The average molecular weight is 382 g/mol. The Morgan fingerprint density at radius 2 is 2.12 bits per heavy atom. The fourth-order valence-electron chi connectivity index (χ4n) is 3.05. The van der Waals surface area contributed by atoms with Gasteiger partial charge in [0.25, 0.3) is 0 Å². The maximum absolute atomic E-state index is 12.3. The summed E-state index contributed by atoms with van der Waals surface area (Å²) >= 11 is 1.49. The van der Waals surface area contributed by atoms with Crippen LogP contribution in [-0.2, 0) is 9.59 Å². The van der Waals surface area contributed by atoms with Gasteiger partial charge >= 0.3 is 0 Å². The Hall–Kier alpha value is -1.51. The van der Waals surface area contributed by atoms with E-state index in [1.54, 1.807) is 0 Å². The number of rotatable bonds is 8. The molecule has 1 aromatic heterocycles. The van der Waals surface area contributed by atoms with Gasteiger partial charge in [0.1, 0.15) is 0 Å². The van der Waals surface area contributed by atoms with Crippen molar-refractivity contribution < 1.29 is 9.59 Å². The average Bonchev–Trinajstić information content (AvgIpc) is 2.88. The van der Waals surface area contributed by atoms with Gasteiger partial charge in [0.05, 0.1) is 18.2 Å². The van der Waals surface area contributed by atoms with E-state index in [0.717, 1.165) is 42.9 Å². The Labute approximate surface area is 160 Å². The second kappa shape index (κ2) is 9.99. The van der Waals surface area contributed by atoms with Crippen LogP contribution in [0.1, 0.15) is 29.8 Å². The Bertz CT molecular complexity index is 597. The number of aryl methyl sites for hydroxylation is 2. The molecule has 1 aromatic rings. The van der Waals surface area contributed by atoms with Gasteiger partial charge in [-0.2, -0.15) is 0 Å². The first-order valence-electron chi connectivity index (χ1n) is 9.24.